The number of hydrogen-bond donors (Lipinski definition) is 1. The minimum Gasteiger partial charge on any atom is -0.545 e. The van der Waals surface area contributed by atoms with Crippen LogP contribution in [0.15, 0.2) is 57.0 Å². The number of pyridine rings is 1. The average Bonchev–Trinajstić information content (AvgIpc) is 3.80. The van der Waals surface area contributed by atoms with E-state index in [4.69, 9.17) is 0 Å². The van der Waals surface area contributed by atoms with Gasteiger partial charge in [-0.05, 0) is 42.0 Å². The van der Waals surface area contributed by atoms with Gasteiger partial charge >= 0.3 is 59.1 Å². The van der Waals surface area contributed by atoms with Gasteiger partial charge in [0.25, 0.3) is 5.91 Å². The van der Waals surface area contributed by atoms with Gasteiger partial charge < -0.3 is 34.6 Å². The van der Waals surface area contributed by atoms with Crippen molar-refractivity contribution >= 4 is 80.8 Å². The van der Waals surface area contributed by atoms with Gasteiger partial charge in [-0.2, -0.15) is 5.10 Å². The van der Waals surface area contributed by atoms with Gasteiger partial charge in [0.05, 0.1) is 59.5 Å². The third kappa shape index (κ3) is 8.26. The number of anilines is 1. The molecule has 0 unspecified atom stereocenters. The maximum Gasteiger partial charge on any atom is 1.00 e. The monoisotopic (exact) mass is 770 g/mol. The van der Waals surface area contributed by atoms with Crippen LogP contribution in [0.2, 0.25) is 0 Å². The zero-order chi connectivity index (χ0) is 34.4. The van der Waals surface area contributed by atoms with E-state index in [1.807, 2.05) is 27.4 Å². The molecule has 3 aliphatic heterocycles. The molecule has 1 N–H and O–H groups in total. The van der Waals surface area contributed by atoms with Crippen molar-refractivity contribution in [2.24, 2.45) is 5.10 Å². The van der Waals surface area contributed by atoms with Crippen molar-refractivity contribution in [2.45, 2.75) is 36.7 Å². The minimum atomic E-state index is -1.59. The Hall–Kier alpha value is -2.35. The van der Waals surface area contributed by atoms with Crippen molar-refractivity contribution in [1.82, 2.24) is 19.8 Å². The zero-order valence-corrected chi connectivity index (χ0v) is 34.3. The molecule has 5 heterocycles. The Bertz CT molecular complexity index is 1980. The van der Waals surface area contributed by atoms with E-state index in [0.717, 1.165) is 23.8 Å². The van der Waals surface area contributed by atoms with E-state index in [1.165, 1.54) is 46.0 Å². The summed E-state index contributed by atoms with van der Waals surface area (Å²) in [5.74, 6) is -3.80. The third-order valence-corrected chi connectivity index (χ3v) is 11.8. The number of aliphatic carboxylic acids is 1. The fourth-order valence-corrected chi connectivity index (χ4v) is 9.16. The molecule has 1 saturated carbocycles. The van der Waals surface area contributed by atoms with E-state index in [1.54, 1.807) is 16.2 Å². The number of fused-ring (bicyclic) bond motifs is 2. The van der Waals surface area contributed by atoms with E-state index in [9.17, 15) is 34.2 Å². The van der Waals surface area contributed by atoms with Gasteiger partial charge in [0.1, 0.15) is 17.2 Å². The Kier molecular flexibility index (Phi) is 13.1. The van der Waals surface area contributed by atoms with Crippen molar-refractivity contribution < 1.29 is 92.9 Å². The Labute approximate surface area is 348 Å². The Morgan fingerprint density at radius 2 is 1.82 bits per heavy atom. The number of thioether (sulfide) groups is 2. The van der Waals surface area contributed by atoms with Crippen LogP contribution in [-0.4, -0.2) is 92.9 Å². The van der Waals surface area contributed by atoms with Gasteiger partial charge in [-0.1, -0.05) is 6.07 Å². The second-order valence-corrected chi connectivity index (χ2v) is 15.0. The van der Waals surface area contributed by atoms with Crippen LogP contribution < -0.4 is 85.0 Å². The number of carboxylic acids is 2. The van der Waals surface area contributed by atoms with Gasteiger partial charge in [0.2, 0.25) is 5.91 Å². The number of benzene rings is 1. The average molecular weight is 771 g/mol. The molecule has 2 aromatic heterocycles. The number of halogens is 1. The van der Waals surface area contributed by atoms with Crippen LogP contribution in [-0.2, 0) is 20.8 Å². The Morgan fingerprint density at radius 1 is 1.08 bits per heavy atom. The number of aromatic carboxylic acids is 1. The minimum absolute atomic E-state index is 0. The number of rotatable bonds is 11. The maximum absolute atomic E-state index is 15.3. The Balaban J connectivity index is 0.00000252. The molecule has 3 fully saturated rings. The molecule has 4 aliphatic rings. The molecule has 1 aromatic carbocycles. The fraction of sp³-hybridized carbons (Fsp3) is 0.375. The number of carboxylic acid groups (broad SMARTS) is 2. The van der Waals surface area contributed by atoms with Crippen molar-refractivity contribution in [3.05, 3.63) is 73.6 Å². The van der Waals surface area contributed by atoms with Crippen molar-refractivity contribution in [3.8, 4) is 0 Å². The van der Waals surface area contributed by atoms with Crippen LogP contribution in [0, 0.1) is 5.82 Å². The summed E-state index contributed by atoms with van der Waals surface area (Å²) < 4.78 is 17.0. The van der Waals surface area contributed by atoms with Gasteiger partial charge in [-0.15, -0.1) is 34.9 Å². The van der Waals surface area contributed by atoms with E-state index >= 15 is 4.39 Å². The van der Waals surface area contributed by atoms with Gasteiger partial charge in [0.15, 0.2) is 5.43 Å². The molecular formula is C32H29FN6Na2O7S3. The molecule has 2 amide bonds. The van der Waals surface area contributed by atoms with E-state index in [-0.39, 0.29) is 94.3 Å². The number of amides is 2. The van der Waals surface area contributed by atoms with Crippen LogP contribution in [0.4, 0.5) is 10.1 Å². The Morgan fingerprint density at radius 3 is 2.47 bits per heavy atom. The van der Waals surface area contributed by atoms with Crippen LogP contribution >= 0.6 is 34.9 Å². The number of nitrogens with zero attached hydrogens (tertiary/aromatic N) is 5. The number of aromatic nitrogens is 1. The smallest absolute Gasteiger partial charge is 0.545 e. The summed E-state index contributed by atoms with van der Waals surface area (Å²) in [7, 11) is 0. The van der Waals surface area contributed by atoms with Crippen molar-refractivity contribution in [3.63, 3.8) is 0 Å². The standard InChI is InChI=1S/C32H31FN6O7S3.2Na/c33-22-11-20-23(38(18-3-4-18)13-21(28(20)41)31(43)44)12-24(22)36-5-7-37(8-6-36)34-16-47-14-17-15-49-30-26(29(42)39(30)27(17)32(45)46)35-25(40)10-19-2-1-9-48-19;;/h1-2,9,11-13,16,18,26,30H,3-8,10,14-15H2,(H,35,40)(H,43,44)(H,45,46);;/q;2*+1/p-2/t26-,30-;;/m1../s1. The number of carbonyl (C=O) groups is 4. The maximum atomic E-state index is 15.3. The van der Waals surface area contributed by atoms with E-state index < -0.39 is 46.1 Å². The predicted molar refractivity (Wildman–Crippen MR) is 181 cm³/mol. The molecule has 3 aromatic rings. The molecule has 256 valence electrons. The number of hydrogen-bond acceptors (Lipinski definition) is 13. The number of β-lactam (4-membered cyclic amide) rings is 1. The summed E-state index contributed by atoms with van der Waals surface area (Å²) in [4.78, 5) is 65.7. The van der Waals surface area contributed by atoms with Gasteiger partial charge in [-0.3, -0.25) is 24.3 Å². The second kappa shape index (κ2) is 16.8. The number of piperazine rings is 1. The molecule has 51 heavy (non-hydrogen) atoms. The summed E-state index contributed by atoms with van der Waals surface area (Å²) in [6, 6.07) is 5.65. The normalized spacial score (nSPS) is 20.1. The summed E-state index contributed by atoms with van der Waals surface area (Å²) in [5.41, 5.74) is 1.53. The molecular weight excluding hydrogens is 742 g/mol. The van der Waals surface area contributed by atoms with Crippen LogP contribution in [0.5, 0.6) is 0 Å². The zero-order valence-electron chi connectivity index (χ0n) is 27.8. The first-order chi connectivity index (χ1) is 23.6. The van der Waals surface area contributed by atoms with Crippen LogP contribution in [0.3, 0.4) is 0 Å². The number of carbonyl (C=O) groups excluding carboxylic acids is 4. The number of hydrazone groups is 1. The molecule has 2 saturated heterocycles. The first kappa shape index (κ1) is 39.8. The molecule has 2 atom stereocenters. The first-order valence-electron chi connectivity index (χ1n) is 15.5. The van der Waals surface area contributed by atoms with Gasteiger partial charge in [-0.25, -0.2) is 4.39 Å². The predicted octanol–water partition coefficient (Wildman–Crippen LogP) is -5.65. The fourth-order valence-electron chi connectivity index (χ4n) is 6.27. The molecule has 19 heteroatoms. The molecule has 0 spiro atoms. The SMILES string of the molecule is O=C(Cc1cccs1)N[C@@H]1C(=O)N2C(C(=O)[O-])=C(CSC=NN3CCN(c4cc5c(cc4F)c(=O)c(C(=O)[O-])cn5C4CC4)CC3)CS[C@H]12.[Na+].[Na+]. The second-order valence-electron chi connectivity index (χ2n) is 12.0. The van der Waals surface area contributed by atoms with E-state index in [2.05, 4.69) is 10.4 Å². The third-order valence-electron chi connectivity index (χ3n) is 8.87. The summed E-state index contributed by atoms with van der Waals surface area (Å²) in [6.07, 6.45) is 3.12. The molecule has 0 bridgehead atoms. The van der Waals surface area contributed by atoms with Crippen LogP contribution in [0.25, 0.3) is 10.9 Å². The summed E-state index contributed by atoms with van der Waals surface area (Å²) in [5, 5.41) is 34.0. The number of nitrogens with one attached hydrogen (secondary N) is 1. The topological polar surface area (TPSA) is 171 Å². The van der Waals surface area contributed by atoms with Crippen LogP contribution in [0.1, 0.15) is 34.1 Å². The largest absolute Gasteiger partial charge is 1.00 e. The molecule has 0 radical (unpaired) electrons. The van der Waals surface area contributed by atoms with Crippen molar-refractivity contribution in [1.29, 1.82) is 0 Å². The summed E-state index contributed by atoms with van der Waals surface area (Å²) in [6.45, 7) is 1.82. The molecule has 1 aliphatic carbocycles. The quantitative estimate of drug-likeness (QED) is 0.0854. The van der Waals surface area contributed by atoms with Gasteiger partial charge in [0, 0.05) is 47.1 Å². The summed E-state index contributed by atoms with van der Waals surface area (Å²) >= 11 is 4.11. The van der Waals surface area contributed by atoms with Crippen molar-refractivity contribution in [2.75, 3.05) is 42.6 Å². The first-order valence-corrected chi connectivity index (χ1v) is 18.5. The number of thiophene rings is 1. The molecule has 7 rings (SSSR count). The molecule has 13 nitrogen and oxygen atoms in total. The van der Waals surface area contributed by atoms with E-state index in [0.29, 0.717) is 48.7 Å².